The molecular formula is C15H20N2O3. The van der Waals surface area contributed by atoms with Crippen molar-refractivity contribution in [1.82, 2.24) is 10.6 Å². The van der Waals surface area contributed by atoms with Gasteiger partial charge in [-0.3, -0.25) is 0 Å². The second-order valence-corrected chi connectivity index (χ2v) is 4.84. The van der Waals surface area contributed by atoms with Gasteiger partial charge < -0.3 is 15.7 Å². The maximum Gasteiger partial charge on any atom is 0.328 e. The van der Waals surface area contributed by atoms with E-state index in [0.717, 1.165) is 17.2 Å². The van der Waals surface area contributed by atoms with Crippen LogP contribution in [-0.2, 0) is 4.79 Å². The predicted molar refractivity (Wildman–Crippen MR) is 78.3 cm³/mol. The average molecular weight is 276 g/mol. The fourth-order valence-corrected chi connectivity index (χ4v) is 1.68. The lowest BCUT2D eigenvalue weighted by molar-refractivity contribution is -0.131. The van der Waals surface area contributed by atoms with Crippen LogP contribution in [0.15, 0.2) is 30.3 Å². The molecule has 1 aromatic rings. The van der Waals surface area contributed by atoms with Gasteiger partial charge in [0, 0.05) is 12.1 Å². The Morgan fingerprint density at radius 1 is 1.20 bits per heavy atom. The lowest BCUT2D eigenvalue weighted by atomic mass is 10.0. The van der Waals surface area contributed by atoms with Gasteiger partial charge in [0.1, 0.15) is 0 Å². The number of amides is 2. The molecule has 0 saturated heterocycles. The zero-order chi connectivity index (χ0) is 15.1. The van der Waals surface area contributed by atoms with Crippen LogP contribution in [0.2, 0.25) is 0 Å². The van der Waals surface area contributed by atoms with E-state index in [1.54, 1.807) is 0 Å². The molecule has 0 fully saturated rings. The Morgan fingerprint density at radius 3 is 2.50 bits per heavy atom. The maximum absolute atomic E-state index is 11.6. The van der Waals surface area contributed by atoms with E-state index in [1.165, 1.54) is 6.08 Å². The molecule has 108 valence electrons. The maximum atomic E-state index is 11.6. The van der Waals surface area contributed by atoms with Gasteiger partial charge in [-0.15, -0.1) is 0 Å². The second-order valence-electron chi connectivity index (χ2n) is 4.84. The van der Waals surface area contributed by atoms with Gasteiger partial charge in [0.2, 0.25) is 0 Å². The Labute approximate surface area is 118 Å². The molecule has 1 rings (SSSR count). The normalized spacial score (nSPS) is 12.4. The largest absolute Gasteiger partial charge is 0.478 e. The summed E-state index contributed by atoms with van der Waals surface area (Å²) < 4.78 is 0. The Balaban J connectivity index is 2.73. The number of aliphatic carboxylic acids is 1. The Bertz CT molecular complexity index is 510. The highest BCUT2D eigenvalue weighted by atomic mass is 16.4. The van der Waals surface area contributed by atoms with Crippen molar-refractivity contribution >= 4 is 18.1 Å². The van der Waals surface area contributed by atoms with Gasteiger partial charge >= 0.3 is 12.0 Å². The molecule has 0 aliphatic rings. The van der Waals surface area contributed by atoms with Crippen molar-refractivity contribution in [3.63, 3.8) is 0 Å². The summed E-state index contributed by atoms with van der Waals surface area (Å²) in [5.41, 5.74) is 1.69. The van der Waals surface area contributed by atoms with Crippen molar-refractivity contribution in [2.24, 2.45) is 0 Å². The molecule has 1 aromatic carbocycles. The van der Waals surface area contributed by atoms with Gasteiger partial charge in [-0.25, -0.2) is 9.59 Å². The van der Waals surface area contributed by atoms with E-state index < -0.39 is 5.97 Å². The Kier molecular flexibility index (Phi) is 5.77. The van der Waals surface area contributed by atoms with Crippen LogP contribution in [0.1, 0.15) is 37.9 Å². The number of hydrogen-bond donors (Lipinski definition) is 3. The number of nitrogens with one attached hydrogen (secondary N) is 2. The predicted octanol–water partition coefficient (Wildman–Crippen LogP) is 2.55. The van der Waals surface area contributed by atoms with Crippen LogP contribution in [0.3, 0.4) is 0 Å². The van der Waals surface area contributed by atoms with Crippen molar-refractivity contribution in [3.05, 3.63) is 41.5 Å². The van der Waals surface area contributed by atoms with Crippen molar-refractivity contribution in [2.75, 3.05) is 0 Å². The minimum atomic E-state index is -0.988. The molecule has 0 saturated carbocycles. The first kappa shape index (κ1) is 15.8. The monoisotopic (exact) mass is 276 g/mol. The van der Waals surface area contributed by atoms with E-state index in [9.17, 15) is 9.59 Å². The Hall–Kier alpha value is -2.30. The number of carbonyl (C=O) groups excluding carboxylic acids is 1. The van der Waals surface area contributed by atoms with Crippen molar-refractivity contribution in [2.45, 2.75) is 32.9 Å². The summed E-state index contributed by atoms with van der Waals surface area (Å²) in [4.78, 5) is 22.1. The summed E-state index contributed by atoms with van der Waals surface area (Å²) in [6.45, 7) is 5.66. The molecule has 1 atom stereocenters. The molecular weight excluding hydrogens is 256 g/mol. The van der Waals surface area contributed by atoms with Gasteiger partial charge in [0.05, 0.1) is 6.04 Å². The van der Waals surface area contributed by atoms with Gasteiger partial charge in [0.15, 0.2) is 0 Å². The number of carboxylic acids is 1. The van der Waals surface area contributed by atoms with Crippen molar-refractivity contribution in [3.8, 4) is 0 Å². The third kappa shape index (κ3) is 5.56. The number of rotatable bonds is 5. The van der Waals surface area contributed by atoms with E-state index in [-0.39, 0.29) is 18.1 Å². The van der Waals surface area contributed by atoms with Crippen LogP contribution >= 0.6 is 0 Å². The lowest BCUT2D eigenvalue weighted by Crippen LogP contribution is -2.40. The third-order valence-corrected chi connectivity index (χ3v) is 2.60. The quantitative estimate of drug-likeness (QED) is 0.723. The van der Waals surface area contributed by atoms with Gasteiger partial charge in [-0.1, -0.05) is 18.2 Å². The summed E-state index contributed by atoms with van der Waals surface area (Å²) in [5.74, 6) is -0.988. The SMILES string of the molecule is CC(C)NC(=O)NC(C)c1cccc(C=CC(=O)O)c1. The molecule has 20 heavy (non-hydrogen) atoms. The molecule has 0 aliphatic carbocycles. The average Bonchev–Trinajstić information content (AvgIpc) is 2.35. The van der Waals surface area contributed by atoms with Gasteiger partial charge in [0.25, 0.3) is 0 Å². The molecule has 0 aliphatic heterocycles. The highest BCUT2D eigenvalue weighted by Crippen LogP contribution is 2.15. The van der Waals surface area contributed by atoms with Gasteiger partial charge in [-0.05, 0) is 44.0 Å². The van der Waals surface area contributed by atoms with Crippen LogP contribution in [-0.4, -0.2) is 23.1 Å². The highest BCUT2D eigenvalue weighted by Gasteiger charge is 2.10. The smallest absolute Gasteiger partial charge is 0.328 e. The number of carbonyl (C=O) groups is 2. The first-order valence-electron chi connectivity index (χ1n) is 6.46. The molecule has 0 spiro atoms. The minimum Gasteiger partial charge on any atom is -0.478 e. The number of benzene rings is 1. The molecule has 2 amide bonds. The molecule has 3 N–H and O–H groups in total. The molecule has 0 aromatic heterocycles. The van der Waals surface area contributed by atoms with Crippen LogP contribution in [0.5, 0.6) is 0 Å². The summed E-state index contributed by atoms with van der Waals surface area (Å²) in [6.07, 6.45) is 2.61. The lowest BCUT2D eigenvalue weighted by Gasteiger charge is -2.17. The fraction of sp³-hybridized carbons (Fsp3) is 0.333. The van der Waals surface area contributed by atoms with Crippen molar-refractivity contribution in [1.29, 1.82) is 0 Å². The van der Waals surface area contributed by atoms with E-state index in [1.807, 2.05) is 45.0 Å². The molecule has 5 heteroatoms. The first-order valence-corrected chi connectivity index (χ1v) is 6.46. The number of hydrogen-bond acceptors (Lipinski definition) is 2. The van der Waals surface area contributed by atoms with Crippen LogP contribution in [0.25, 0.3) is 6.08 Å². The summed E-state index contributed by atoms with van der Waals surface area (Å²) in [5, 5.41) is 14.2. The third-order valence-electron chi connectivity index (χ3n) is 2.60. The number of carboxylic acid groups (broad SMARTS) is 1. The van der Waals surface area contributed by atoms with Gasteiger partial charge in [-0.2, -0.15) is 0 Å². The molecule has 5 nitrogen and oxygen atoms in total. The summed E-state index contributed by atoms with van der Waals surface area (Å²) >= 11 is 0. The van der Waals surface area contributed by atoms with E-state index >= 15 is 0 Å². The zero-order valence-electron chi connectivity index (χ0n) is 11.9. The molecule has 1 unspecified atom stereocenters. The zero-order valence-corrected chi connectivity index (χ0v) is 11.9. The first-order chi connectivity index (χ1) is 9.38. The standard InChI is InChI=1S/C15H20N2O3/c1-10(2)16-15(20)17-11(3)13-6-4-5-12(9-13)7-8-14(18)19/h4-11H,1-3H3,(H,18,19)(H2,16,17,20). The van der Waals surface area contributed by atoms with Crippen LogP contribution in [0, 0.1) is 0 Å². The second kappa shape index (κ2) is 7.33. The molecule has 0 bridgehead atoms. The summed E-state index contributed by atoms with van der Waals surface area (Å²) in [7, 11) is 0. The van der Waals surface area contributed by atoms with E-state index in [2.05, 4.69) is 10.6 Å². The molecule has 0 radical (unpaired) electrons. The summed E-state index contributed by atoms with van der Waals surface area (Å²) in [6, 6.07) is 7.06. The topological polar surface area (TPSA) is 78.4 Å². The minimum absolute atomic E-state index is 0.0760. The fourth-order valence-electron chi connectivity index (χ4n) is 1.68. The van der Waals surface area contributed by atoms with Crippen LogP contribution in [0.4, 0.5) is 4.79 Å². The van der Waals surface area contributed by atoms with Crippen molar-refractivity contribution < 1.29 is 14.7 Å². The van der Waals surface area contributed by atoms with Crippen LogP contribution < -0.4 is 10.6 Å². The number of urea groups is 1. The Morgan fingerprint density at radius 2 is 1.90 bits per heavy atom. The van der Waals surface area contributed by atoms with E-state index in [4.69, 9.17) is 5.11 Å². The molecule has 0 heterocycles. The highest BCUT2D eigenvalue weighted by molar-refractivity contribution is 5.85. The van der Waals surface area contributed by atoms with E-state index in [0.29, 0.717) is 0 Å².